The molecule has 0 saturated carbocycles. The highest BCUT2D eigenvalue weighted by Gasteiger charge is 2.16. The number of rotatable bonds is 4. The highest BCUT2D eigenvalue weighted by molar-refractivity contribution is 9.10. The van der Waals surface area contributed by atoms with E-state index in [4.69, 9.17) is 23.2 Å². The van der Waals surface area contributed by atoms with E-state index in [1.54, 1.807) is 24.3 Å². The van der Waals surface area contributed by atoms with Crippen LogP contribution in [0.4, 0.5) is 5.69 Å². The third-order valence-electron chi connectivity index (χ3n) is 4.41. The Labute approximate surface area is 187 Å². The van der Waals surface area contributed by atoms with Gasteiger partial charge in [0, 0.05) is 21.5 Å². The van der Waals surface area contributed by atoms with Crippen molar-refractivity contribution in [1.82, 2.24) is 4.57 Å². The van der Waals surface area contributed by atoms with Crippen molar-refractivity contribution in [3.05, 3.63) is 85.6 Å². The third kappa shape index (κ3) is 4.56. The number of anilines is 1. The molecule has 29 heavy (non-hydrogen) atoms. The monoisotopic (exact) mass is 487 g/mol. The van der Waals surface area contributed by atoms with Crippen molar-refractivity contribution in [3.63, 3.8) is 0 Å². The first kappa shape index (κ1) is 21.2. The van der Waals surface area contributed by atoms with Crippen LogP contribution in [0.3, 0.4) is 0 Å². The molecule has 3 rings (SSSR count). The van der Waals surface area contributed by atoms with Gasteiger partial charge in [0.05, 0.1) is 15.7 Å². The zero-order valence-electron chi connectivity index (χ0n) is 15.6. The van der Waals surface area contributed by atoms with Crippen molar-refractivity contribution < 1.29 is 4.79 Å². The fraction of sp³-hybridized carbons (Fsp3) is 0.0909. The summed E-state index contributed by atoms with van der Waals surface area (Å²) in [5.41, 5.74) is 3.85. The van der Waals surface area contributed by atoms with Gasteiger partial charge in [-0.15, -0.1) is 0 Å². The second kappa shape index (κ2) is 8.87. The Balaban J connectivity index is 1.96. The molecule has 0 bridgehead atoms. The van der Waals surface area contributed by atoms with E-state index < -0.39 is 5.91 Å². The van der Waals surface area contributed by atoms with Crippen LogP contribution < -0.4 is 5.32 Å². The van der Waals surface area contributed by atoms with E-state index in [1.165, 1.54) is 0 Å². The van der Waals surface area contributed by atoms with Gasteiger partial charge in [-0.1, -0.05) is 45.2 Å². The molecular formula is C22H16BrCl2N3O. The summed E-state index contributed by atoms with van der Waals surface area (Å²) in [5, 5.41) is 13.1. The number of hydrogen-bond donors (Lipinski definition) is 1. The quantitative estimate of drug-likeness (QED) is 0.327. The molecule has 0 atom stereocenters. The molecule has 0 spiro atoms. The average Bonchev–Trinajstić information content (AvgIpc) is 2.97. The minimum Gasteiger partial charge on any atom is -0.321 e. The van der Waals surface area contributed by atoms with E-state index in [2.05, 4.69) is 21.2 Å². The molecule has 0 fully saturated rings. The predicted octanol–water partition coefficient (Wildman–Crippen LogP) is 6.71. The number of benzene rings is 2. The summed E-state index contributed by atoms with van der Waals surface area (Å²) in [7, 11) is 0. The van der Waals surface area contributed by atoms with Crippen LogP contribution in [-0.4, -0.2) is 10.5 Å². The molecule has 1 amide bonds. The van der Waals surface area contributed by atoms with Crippen molar-refractivity contribution >= 4 is 56.8 Å². The van der Waals surface area contributed by atoms with Gasteiger partial charge in [0.1, 0.15) is 11.6 Å². The lowest BCUT2D eigenvalue weighted by atomic mass is 10.1. The zero-order chi connectivity index (χ0) is 21.1. The lowest BCUT2D eigenvalue weighted by Gasteiger charge is -2.12. The number of aryl methyl sites for hydroxylation is 1. The summed E-state index contributed by atoms with van der Waals surface area (Å²) in [6.07, 6.45) is 1.57. The van der Waals surface area contributed by atoms with Crippen molar-refractivity contribution in [2.24, 2.45) is 0 Å². The fourth-order valence-corrected chi connectivity index (χ4v) is 3.65. The van der Waals surface area contributed by atoms with E-state index in [1.807, 2.05) is 54.8 Å². The van der Waals surface area contributed by atoms with Crippen LogP contribution in [0.1, 0.15) is 17.0 Å². The van der Waals surface area contributed by atoms with Gasteiger partial charge >= 0.3 is 0 Å². The Hall–Kier alpha value is -2.52. The summed E-state index contributed by atoms with van der Waals surface area (Å²) in [5.74, 6) is -0.472. The average molecular weight is 489 g/mol. The molecule has 1 N–H and O–H groups in total. The molecule has 3 aromatic rings. The van der Waals surface area contributed by atoms with Gasteiger partial charge < -0.3 is 9.88 Å². The van der Waals surface area contributed by atoms with Crippen LogP contribution in [0.15, 0.2) is 58.6 Å². The predicted molar refractivity (Wildman–Crippen MR) is 122 cm³/mol. The normalized spacial score (nSPS) is 11.2. The molecule has 0 aliphatic carbocycles. The maximum absolute atomic E-state index is 12.5. The molecule has 0 aliphatic heterocycles. The third-order valence-corrected chi connectivity index (χ3v) is 5.75. The number of carbonyl (C=O) groups excluding carboxylic acids is 1. The Morgan fingerprint density at radius 3 is 2.52 bits per heavy atom. The van der Waals surface area contributed by atoms with Crippen LogP contribution >= 0.6 is 39.1 Å². The van der Waals surface area contributed by atoms with Crippen molar-refractivity contribution in [3.8, 4) is 11.8 Å². The van der Waals surface area contributed by atoms with Crippen LogP contribution in [0, 0.1) is 25.2 Å². The van der Waals surface area contributed by atoms with Crippen LogP contribution in [0.2, 0.25) is 10.0 Å². The number of hydrogen-bond acceptors (Lipinski definition) is 2. The zero-order valence-corrected chi connectivity index (χ0v) is 18.7. The molecule has 0 unspecified atom stereocenters. The number of nitriles is 1. The second-order valence-corrected chi connectivity index (χ2v) is 8.07. The maximum atomic E-state index is 12.5. The minimum atomic E-state index is -0.472. The topological polar surface area (TPSA) is 57.8 Å². The van der Waals surface area contributed by atoms with Gasteiger partial charge in [-0.2, -0.15) is 5.26 Å². The largest absolute Gasteiger partial charge is 0.321 e. The maximum Gasteiger partial charge on any atom is 0.266 e. The summed E-state index contributed by atoms with van der Waals surface area (Å²) < 4.78 is 2.85. The highest BCUT2D eigenvalue weighted by atomic mass is 79.9. The molecule has 0 radical (unpaired) electrons. The molecule has 0 saturated heterocycles. The highest BCUT2D eigenvalue weighted by Crippen LogP contribution is 2.32. The standard InChI is InChI=1S/C22H16BrCl2N3O/c1-13-10-15(14(2)28(13)20-5-3-4-19(24)21(20)25)11-16(12-26)22(29)27-18-8-6-17(23)7-9-18/h3-11H,1-2H3,(H,27,29)/b16-11-. The van der Waals surface area contributed by atoms with E-state index >= 15 is 0 Å². The van der Waals surface area contributed by atoms with Crippen molar-refractivity contribution in [1.29, 1.82) is 5.26 Å². The number of halogens is 3. The summed E-state index contributed by atoms with van der Waals surface area (Å²) in [4.78, 5) is 12.5. The molecular weight excluding hydrogens is 473 g/mol. The van der Waals surface area contributed by atoms with Crippen molar-refractivity contribution in [2.75, 3.05) is 5.32 Å². The molecule has 146 valence electrons. The molecule has 7 heteroatoms. The van der Waals surface area contributed by atoms with Gasteiger partial charge in [-0.3, -0.25) is 4.79 Å². The minimum absolute atomic E-state index is 0.00496. The van der Waals surface area contributed by atoms with Crippen LogP contribution in [0.25, 0.3) is 11.8 Å². The number of aromatic nitrogens is 1. The number of amides is 1. The Kier molecular flexibility index (Phi) is 6.49. The van der Waals surface area contributed by atoms with Crippen molar-refractivity contribution in [2.45, 2.75) is 13.8 Å². The fourth-order valence-electron chi connectivity index (χ4n) is 3.01. The van der Waals surface area contributed by atoms with E-state index in [0.29, 0.717) is 15.7 Å². The molecule has 0 aliphatic rings. The van der Waals surface area contributed by atoms with Gasteiger partial charge in [0.25, 0.3) is 5.91 Å². The van der Waals surface area contributed by atoms with E-state index in [-0.39, 0.29) is 5.57 Å². The SMILES string of the molecule is Cc1cc(/C=C(/C#N)C(=O)Nc2ccc(Br)cc2)c(C)n1-c1cccc(Cl)c1Cl. The summed E-state index contributed by atoms with van der Waals surface area (Å²) in [6, 6.07) is 16.4. The van der Waals surface area contributed by atoms with E-state index in [9.17, 15) is 10.1 Å². The van der Waals surface area contributed by atoms with E-state index in [0.717, 1.165) is 27.1 Å². The molecule has 2 aromatic carbocycles. The molecule has 1 heterocycles. The van der Waals surface area contributed by atoms with Gasteiger partial charge in [0.15, 0.2) is 0 Å². The first-order valence-electron chi connectivity index (χ1n) is 8.64. The smallest absolute Gasteiger partial charge is 0.266 e. The lowest BCUT2D eigenvalue weighted by molar-refractivity contribution is -0.112. The second-order valence-electron chi connectivity index (χ2n) is 6.37. The Bertz CT molecular complexity index is 1160. The number of nitrogens with one attached hydrogen (secondary N) is 1. The molecule has 1 aromatic heterocycles. The lowest BCUT2D eigenvalue weighted by Crippen LogP contribution is -2.13. The molecule has 4 nitrogen and oxygen atoms in total. The van der Waals surface area contributed by atoms with Gasteiger partial charge in [0.2, 0.25) is 0 Å². The first-order chi connectivity index (χ1) is 13.8. The van der Waals surface area contributed by atoms with Crippen LogP contribution in [-0.2, 0) is 4.79 Å². The van der Waals surface area contributed by atoms with Gasteiger partial charge in [-0.25, -0.2) is 0 Å². The Morgan fingerprint density at radius 2 is 1.86 bits per heavy atom. The summed E-state index contributed by atoms with van der Waals surface area (Å²) >= 11 is 15.9. The van der Waals surface area contributed by atoms with Crippen LogP contribution in [0.5, 0.6) is 0 Å². The summed E-state index contributed by atoms with van der Waals surface area (Å²) in [6.45, 7) is 3.83. The number of carbonyl (C=O) groups is 1. The first-order valence-corrected chi connectivity index (χ1v) is 10.2. The van der Waals surface area contributed by atoms with Gasteiger partial charge in [-0.05, 0) is 68.0 Å². The Morgan fingerprint density at radius 1 is 1.17 bits per heavy atom. The number of nitrogens with zero attached hydrogens (tertiary/aromatic N) is 2.